The summed E-state index contributed by atoms with van der Waals surface area (Å²) in [6.07, 6.45) is 7.13. The minimum absolute atomic E-state index is 0.211. The van der Waals surface area contributed by atoms with Crippen LogP contribution in [-0.2, 0) is 5.54 Å². The second-order valence-electron chi connectivity index (χ2n) is 8.81. The van der Waals surface area contributed by atoms with E-state index in [1.165, 1.54) is 0 Å². The van der Waals surface area contributed by atoms with Crippen LogP contribution in [0.1, 0.15) is 20.8 Å². The highest BCUT2D eigenvalue weighted by Gasteiger charge is 2.25. The second kappa shape index (κ2) is 7.74. The fourth-order valence-electron chi connectivity index (χ4n) is 4.04. The lowest BCUT2D eigenvalue weighted by molar-refractivity contribution is 0.412. The third-order valence-electron chi connectivity index (χ3n) is 5.53. The Labute approximate surface area is 191 Å². The van der Waals surface area contributed by atoms with Crippen molar-refractivity contribution in [3.63, 3.8) is 0 Å². The van der Waals surface area contributed by atoms with Gasteiger partial charge in [0, 0.05) is 47.5 Å². The molecular formula is C25H25N7O. The molecule has 0 atom stereocenters. The number of benzene rings is 2. The highest BCUT2D eigenvalue weighted by molar-refractivity contribution is 5.87. The van der Waals surface area contributed by atoms with Crippen molar-refractivity contribution in [3.8, 4) is 34.0 Å². The number of hydrogen-bond acceptors (Lipinski definition) is 6. The molecule has 0 aliphatic carbocycles. The maximum absolute atomic E-state index is 5.65. The summed E-state index contributed by atoms with van der Waals surface area (Å²) >= 11 is 0. The number of fused-ring (bicyclic) bond motifs is 1. The largest absolute Gasteiger partial charge is 0.497 e. The van der Waals surface area contributed by atoms with E-state index >= 15 is 0 Å². The number of nitrogens with zero attached hydrogens (tertiary/aromatic N) is 6. The summed E-state index contributed by atoms with van der Waals surface area (Å²) in [7, 11) is 1.66. The zero-order chi connectivity index (χ0) is 23.2. The molecule has 8 nitrogen and oxygen atoms in total. The molecule has 2 aromatic carbocycles. The summed E-state index contributed by atoms with van der Waals surface area (Å²) in [5, 5.41) is 4.45. The zero-order valence-electron chi connectivity index (χ0n) is 19.0. The SMILES string of the molecule is COc1ccc(-c2nc3cc(-c4cnc(N)nc4)ccc3n2C(C)(C)C)c(-n2cccn2)c1. The van der Waals surface area contributed by atoms with Crippen molar-refractivity contribution in [2.45, 2.75) is 26.3 Å². The molecule has 0 aliphatic heterocycles. The number of hydrogen-bond donors (Lipinski definition) is 1. The van der Waals surface area contributed by atoms with Crippen LogP contribution in [0.3, 0.4) is 0 Å². The van der Waals surface area contributed by atoms with Gasteiger partial charge in [0.05, 0.1) is 23.8 Å². The average molecular weight is 440 g/mol. The lowest BCUT2D eigenvalue weighted by Crippen LogP contribution is -2.23. The number of nitrogen functional groups attached to an aromatic ring is 1. The summed E-state index contributed by atoms with van der Waals surface area (Å²) in [6.45, 7) is 6.53. The summed E-state index contributed by atoms with van der Waals surface area (Å²) in [5.74, 6) is 1.87. The molecule has 33 heavy (non-hydrogen) atoms. The van der Waals surface area contributed by atoms with Crippen LogP contribution in [0.15, 0.2) is 67.3 Å². The number of nitrogens with two attached hydrogens (primary N) is 1. The van der Waals surface area contributed by atoms with Crippen molar-refractivity contribution in [3.05, 3.63) is 67.3 Å². The normalized spacial score (nSPS) is 11.8. The predicted octanol–water partition coefficient (Wildman–Crippen LogP) is 4.69. The van der Waals surface area contributed by atoms with Crippen LogP contribution in [0, 0.1) is 0 Å². The number of ether oxygens (including phenoxy) is 1. The summed E-state index contributed by atoms with van der Waals surface area (Å²) < 4.78 is 9.58. The maximum Gasteiger partial charge on any atom is 0.219 e. The minimum atomic E-state index is -0.211. The maximum atomic E-state index is 5.65. The lowest BCUT2D eigenvalue weighted by Gasteiger charge is -2.25. The van der Waals surface area contributed by atoms with Gasteiger partial charge in [-0.15, -0.1) is 0 Å². The zero-order valence-corrected chi connectivity index (χ0v) is 19.0. The molecule has 8 heteroatoms. The lowest BCUT2D eigenvalue weighted by atomic mass is 10.0. The number of methoxy groups -OCH3 is 1. The van der Waals surface area contributed by atoms with Gasteiger partial charge < -0.3 is 15.0 Å². The van der Waals surface area contributed by atoms with Gasteiger partial charge in [0.2, 0.25) is 5.95 Å². The molecule has 0 amide bonds. The number of rotatable bonds is 4. The Balaban J connectivity index is 1.76. The van der Waals surface area contributed by atoms with Gasteiger partial charge in [-0.3, -0.25) is 0 Å². The van der Waals surface area contributed by atoms with Gasteiger partial charge in [0.1, 0.15) is 11.6 Å². The van der Waals surface area contributed by atoms with Crippen molar-refractivity contribution >= 4 is 17.0 Å². The first-order valence-corrected chi connectivity index (χ1v) is 10.6. The summed E-state index contributed by atoms with van der Waals surface area (Å²) in [4.78, 5) is 13.3. The van der Waals surface area contributed by atoms with E-state index in [1.807, 2.05) is 35.1 Å². The van der Waals surface area contributed by atoms with E-state index in [9.17, 15) is 0 Å². The molecule has 0 fully saturated rings. The molecule has 0 saturated heterocycles. The Morgan fingerprint density at radius 2 is 1.76 bits per heavy atom. The van der Waals surface area contributed by atoms with E-state index in [1.54, 1.807) is 25.7 Å². The predicted molar refractivity (Wildman–Crippen MR) is 129 cm³/mol. The fourth-order valence-corrected chi connectivity index (χ4v) is 4.04. The Hall–Kier alpha value is -4.20. The van der Waals surface area contributed by atoms with E-state index in [0.717, 1.165) is 45.0 Å². The second-order valence-corrected chi connectivity index (χ2v) is 8.81. The van der Waals surface area contributed by atoms with Gasteiger partial charge in [0.25, 0.3) is 0 Å². The van der Waals surface area contributed by atoms with Crippen molar-refractivity contribution in [1.82, 2.24) is 29.3 Å². The molecule has 3 heterocycles. The van der Waals surface area contributed by atoms with Gasteiger partial charge >= 0.3 is 0 Å². The van der Waals surface area contributed by atoms with Crippen LogP contribution in [0.2, 0.25) is 0 Å². The molecular weight excluding hydrogens is 414 g/mol. The highest BCUT2D eigenvalue weighted by atomic mass is 16.5. The van der Waals surface area contributed by atoms with Gasteiger partial charge in [-0.2, -0.15) is 5.10 Å². The van der Waals surface area contributed by atoms with Gasteiger partial charge in [-0.1, -0.05) is 6.07 Å². The topological polar surface area (TPSA) is 96.7 Å². The monoisotopic (exact) mass is 439 g/mol. The highest BCUT2D eigenvalue weighted by Crippen LogP contribution is 2.36. The first-order chi connectivity index (χ1) is 15.8. The molecule has 2 N–H and O–H groups in total. The van der Waals surface area contributed by atoms with E-state index in [0.29, 0.717) is 0 Å². The van der Waals surface area contributed by atoms with Gasteiger partial charge in [0.15, 0.2) is 0 Å². The quantitative estimate of drug-likeness (QED) is 0.436. The van der Waals surface area contributed by atoms with Crippen LogP contribution in [0.4, 0.5) is 5.95 Å². The Bertz CT molecular complexity index is 1430. The van der Waals surface area contributed by atoms with Crippen LogP contribution in [0.5, 0.6) is 5.75 Å². The molecule has 3 aromatic heterocycles. The molecule has 0 saturated carbocycles. The third kappa shape index (κ3) is 3.69. The van der Waals surface area contributed by atoms with Crippen LogP contribution in [0.25, 0.3) is 39.2 Å². The van der Waals surface area contributed by atoms with Crippen molar-refractivity contribution in [2.24, 2.45) is 0 Å². The first-order valence-electron chi connectivity index (χ1n) is 10.6. The first kappa shape index (κ1) is 20.7. The minimum Gasteiger partial charge on any atom is -0.497 e. The molecule has 0 spiro atoms. The summed E-state index contributed by atoms with van der Waals surface area (Å²) in [5.41, 5.74) is 11.1. The third-order valence-corrected chi connectivity index (χ3v) is 5.53. The van der Waals surface area contributed by atoms with Gasteiger partial charge in [-0.25, -0.2) is 19.6 Å². The summed E-state index contributed by atoms with van der Waals surface area (Å²) in [6, 6.07) is 14.1. The van der Waals surface area contributed by atoms with Crippen LogP contribution in [-0.4, -0.2) is 36.4 Å². The van der Waals surface area contributed by atoms with Gasteiger partial charge in [-0.05, 0) is 56.7 Å². The molecule has 0 unspecified atom stereocenters. The Kier molecular flexibility index (Phi) is 4.85. The Morgan fingerprint density at radius 1 is 0.970 bits per heavy atom. The molecule has 0 bridgehead atoms. The number of anilines is 1. The van der Waals surface area contributed by atoms with Crippen molar-refractivity contribution in [2.75, 3.05) is 12.8 Å². The molecule has 0 aliphatic rings. The van der Waals surface area contributed by atoms with Crippen molar-refractivity contribution < 1.29 is 4.74 Å². The van der Waals surface area contributed by atoms with Crippen molar-refractivity contribution in [1.29, 1.82) is 0 Å². The standard InChI is InChI=1S/C25H25N7O/c1-25(2,3)32-21-9-6-16(17-14-27-24(26)28-15-17)12-20(21)30-23(32)19-8-7-18(33-4)13-22(19)31-11-5-10-29-31/h5-15H,1-4H3,(H2,26,27,28). The smallest absolute Gasteiger partial charge is 0.219 e. The van der Waals surface area contributed by atoms with E-state index < -0.39 is 0 Å². The fraction of sp³-hybridized carbons (Fsp3) is 0.200. The van der Waals surface area contributed by atoms with E-state index in [2.05, 4.69) is 58.6 Å². The molecule has 5 aromatic rings. The molecule has 166 valence electrons. The van der Waals surface area contributed by atoms with Crippen LogP contribution >= 0.6 is 0 Å². The Morgan fingerprint density at radius 3 is 2.42 bits per heavy atom. The molecule has 5 rings (SSSR count). The average Bonchev–Trinajstić information content (AvgIpc) is 3.46. The molecule has 0 radical (unpaired) electrons. The number of imidazole rings is 1. The van der Waals surface area contributed by atoms with Crippen LogP contribution < -0.4 is 10.5 Å². The van der Waals surface area contributed by atoms with E-state index in [4.69, 9.17) is 15.5 Å². The van der Waals surface area contributed by atoms with E-state index in [-0.39, 0.29) is 11.5 Å². The number of aromatic nitrogens is 6.